The number of aliphatic hydroxyl groups is 1. The molecule has 2 rings (SSSR count). The molecule has 0 bridgehead atoms. The minimum absolute atomic E-state index is 0.375. The van der Waals surface area contributed by atoms with Gasteiger partial charge in [0.05, 0.1) is 6.10 Å². The second-order valence-electron chi connectivity index (χ2n) is 5.37. The average Bonchev–Trinajstić information content (AvgIpc) is 2.38. The second kappa shape index (κ2) is 6.94. The van der Waals surface area contributed by atoms with E-state index in [9.17, 15) is 5.11 Å². The molecule has 1 fully saturated rings. The highest BCUT2D eigenvalue weighted by Crippen LogP contribution is 2.31. The normalized spacial score (nSPS) is 25.3. The number of halogens is 2. The molecule has 19 heavy (non-hydrogen) atoms. The van der Waals surface area contributed by atoms with Crippen molar-refractivity contribution in [1.29, 1.82) is 0 Å². The van der Waals surface area contributed by atoms with Crippen LogP contribution in [0.3, 0.4) is 0 Å². The lowest BCUT2D eigenvalue weighted by Gasteiger charge is -2.31. The molecule has 0 saturated carbocycles. The molecule has 0 radical (unpaired) electrons. The van der Waals surface area contributed by atoms with E-state index >= 15 is 0 Å². The first-order valence-electron chi connectivity index (χ1n) is 6.96. The van der Waals surface area contributed by atoms with Gasteiger partial charge >= 0.3 is 0 Å². The fraction of sp³-hybridized carbons (Fsp3) is 0.600. The number of aliphatic hydroxyl groups excluding tert-OH is 1. The summed E-state index contributed by atoms with van der Waals surface area (Å²) in [5.41, 5.74) is 0.770. The predicted molar refractivity (Wildman–Crippen MR) is 80.8 cm³/mol. The van der Waals surface area contributed by atoms with Gasteiger partial charge in [-0.15, -0.1) is 0 Å². The summed E-state index contributed by atoms with van der Waals surface area (Å²) in [5, 5.41) is 15.0. The Balaban J connectivity index is 1.98. The largest absolute Gasteiger partial charge is 0.388 e. The van der Waals surface area contributed by atoms with E-state index in [-0.39, 0.29) is 0 Å². The maximum absolute atomic E-state index is 10.3. The maximum atomic E-state index is 10.3. The van der Waals surface area contributed by atoms with Crippen LogP contribution >= 0.6 is 23.2 Å². The Labute approximate surface area is 125 Å². The summed E-state index contributed by atoms with van der Waals surface area (Å²) in [6, 6.07) is 5.65. The third-order valence-electron chi connectivity index (χ3n) is 4.01. The molecule has 3 atom stereocenters. The van der Waals surface area contributed by atoms with Gasteiger partial charge < -0.3 is 10.4 Å². The highest BCUT2D eigenvalue weighted by Gasteiger charge is 2.23. The summed E-state index contributed by atoms with van der Waals surface area (Å²) in [4.78, 5) is 0. The predicted octanol–water partition coefficient (Wildman–Crippen LogP) is 4.20. The monoisotopic (exact) mass is 301 g/mol. The zero-order valence-electron chi connectivity index (χ0n) is 11.2. The van der Waals surface area contributed by atoms with E-state index in [2.05, 4.69) is 12.2 Å². The number of rotatable bonds is 4. The third kappa shape index (κ3) is 4.09. The lowest BCUT2D eigenvalue weighted by atomic mass is 9.87. The van der Waals surface area contributed by atoms with Crippen molar-refractivity contribution in [2.75, 3.05) is 6.54 Å². The molecule has 1 aliphatic heterocycles. The van der Waals surface area contributed by atoms with Crippen molar-refractivity contribution in [2.24, 2.45) is 5.92 Å². The van der Waals surface area contributed by atoms with Gasteiger partial charge in [0.1, 0.15) is 0 Å². The Kier molecular flexibility index (Phi) is 5.52. The van der Waals surface area contributed by atoms with Crippen molar-refractivity contribution in [1.82, 2.24) is 5.32 Å². The van der Waals surface area contributed by atoms with E-state index in [4.69, 9.17) is 23.2 Å². The summed E-state index contributed by atoms with van der Waals surface area (Å²) in [6.45, 7) is 3.28. The van der Waals surface area contributed by atoms with Crippen LogP contribution in [0, 0.1) is 5.92 Å². The van der Waals surface area contributed by atoms with Gasteiger partial charge in [0.15, 0.2) is 0 Å². The lowest BCUT2D eigenvalue weighted by Crippen LogP contribution is -2.38. The van der Waals surface area contributed by atoms with Crippen molar-refractivity contribution in [2.45, 2.75) is 44.8 Å². The van der Waals surface area contributed by atoms with Crippen molar-refractivity contribution < 1.29 is 5.11 Å². The second-order valence-corrected chi connectivity index (χ2v) is 6.21. The van der Waals surface area contributed by atoms with Gasteiger partial charge in [0.2, 0.25) is 0 Å². The summed E-state index contributed by atoms with van der Waals surface area (Å²) in [5.74, 6) is 0.777. The molecular weight excluding hydrogens is 281 g/mol. The number of benzene rings is 1. The standard InChI is InChI=1S/C15H21Cl2NO/c1-2-10-5-6-18-12(7-10)9-15(19)13-4-3-11(16)8-14(13)17/h3-4,8,10,12,15,18-19H,2,5-7,9H2,1H3. The number of nitrogens with one attached hydrogen (secondary N) is 1. The molecule has 2 N–H and O–H groups in total. The molecule has 0 aromatic heterocycles. The Morgan fingerprint density at radius 3 is 2.89 bits per heavy atom. The fourth-order valence-corrected chi connectivity index (χ4v) is 3.35. The maximum Gasteiger partial charge on any atom is 0.0819 e. The molecule has 4 heteroatoms. The fourth-order valence-electron chi connectivity index (χ4n) is 2.81. The van der Waals surface area contributed by atoms with E-state index in [0.717, 1.165) is 24.4 Å². The summed E-state index contributed by atoms with van der Waals surface area (Å²) >= 11 is 12.0. The van der Waals surface area contributed by atoms with Gasteiger partial charge in [-0.2, -0.15) is 0 Å². The molecule has 3 unspecified atom stereocenters. The molecule has 1 saturated heterocycles. The smallest absolute Gasteiger partial charge is 0.0819 e. The van der Waals surface area contributed by atoms with Gasteiger partial charge in [-0.25, -0.2) is 0 Å². The van der Waals surface area contributed by atoms with E-state index < -0.39 is 6.10 Å². The molecule has 0 spiro atoms. The van der Waals surface area contributed by atoms with Crippen LogP contribution in [0.25, 0.3) is 0 Å². The zero-order valence-corrected chi connectivity index (χ0v) is 12.7. The molecular formula is C15H21Cl2NO. The van der Waals surface area contributed by atoms with Gasteiger partial charge in [0, 0.05) is 16.1 Å². The van der Waals surface area contributed by atoms with E-state index in [1.54, 1.807) is 12.1 Å². The molecule has 0 amide bonds. The Hall–Kier alpha value is -0.280. The SMILES string of the molecule is CCC1CCNC(CC(O)c2ccc(Cl)cc2Cl)C1. The summed E-state index contributed by atoms with van der Waals surface area (Å²) in [7, 11) is 0. The Morgan fingerprint density at radius 2 is 2.21 bits per heavy atom. The average molecular weight is 302 g/mol. The zero-order chi connectivity index (χ0) is 13.8. The topological polar surface area (TPSA) is 32.3 Å². The number of hydrogen-bond donors (Lipinski definition) is 2. The van der Waals surface area contributed by atoms with Crippen molar-refractivity contribution >= 4 is 23.2 Å². The van der Waals surface area contributed by atoms with E-state index in [1.807, 2.05) is 6.07 Å². The van der Waals surface area contributed by atoms with Crippen LogP contribution in [-0.4, -0.2) is 17.7 Å². The molecule has 0 aliphatic carbocycles. The van der Waals surface area contributed by atoms with Gasteiger partial charge in [-0.05, 0) is 49.4 Å². The minimum Gasteiger partial charge on any atom is -0.388 e. The third-order valence-corrected chi connectivity index (χ3v) is 4.57. The van der Waals surface area contributed by atoms with Gasteiger partial charge in [0.25, 0.3) is 0 Å². The number of hydrogen-bond acceptors (Lipinski definition) is 2. The molecule has 1 aliphatic rings. The van der Waals surface area contributed by atoms with Crippen molar-refractivity contribution in [3.8, 4) is 0 Å². The highest BCUT2D eigenvalue weighted by atomic mass is 35.5. The van der Waals surface area contributed by atoms with Crippen LogP contribution < -0.4 is 5.32 Å². The lowest BCUT2D eigenvalue weighted by molar-refractivity contribution is 0.136. The molecule has 1 aromatic rings. The van der Waals surface area contributed by atoms with Crippen LogP contribution in [0.5, 0.6) is 0 Å². The minimum atomic E-state index is -0.530. The van der Waals surface area contributed by atoms with Crippen molar-refractivity contribution in [3.05, 3.63) is 33.8 Å². The highest BCUT2D eigenvalue weighted by molar-refractivity contribution is 6.35. The van der Waals surface area contributed by atoms with Crippen LogP contribution in [0.1, 0.15) is 44.3 Å². The van der Waals surface area contributed by atoms with E-state index in [1.165, 1.54) is 12.8 Å². The first-order chi connectivity index (χ1) is 9.10. The number of piperidine rings is 1. The molecule has 2 nitrogen and oxygen atoms in total. The molecule has 1 aromatic carbocycles. The first-order valence-corrected chi connectivity index (χ1v) is 7.72. The Bertz CT molecular complexity index is 425. The quantitative estimate of drug-likeness (QED) is 0.874. The molecule has 106 valence electrons. The van der Waals surface area contributed by atoms with Crippen LogP contribution in [-0.2, 0) is 0 Å². The summed E-state index contributed by atoms with van der Waals surface area (Å²) in [6.07, 6.45) is 3.77. The van der Waals surface area contributed by atoms with Crippen LogP contribution in [0.2, 0.25) is 10.0 Å². The van der Waals surface area contributed by atoms with Crippen LogP contribution in [0.15, 0.2) is 18.2 Å². The van der Waals surface area contributed by atoms with E-state index in [0.29, 0.717) is 22.5 Å². The Morgan fingerprint density at radius 1 is 1.42 bits per heavy atom. The summed E-state index contributed by atoms with van der Waals surface area (Å²) < 4.78 is 0. The van der Waals surface area contributed by atoms with Gasteiger partial charge in [-0.3, -0.25) is 0 Å². The van der Waals surface area contributed by atoms with Crippen LogP contribution in [0.4, 0.5) is 0 Å². The van der Waals surface area contributed by atoms with Crippen molar-refractivity contribution in [3.63, 3.8) is 0 Å². The molecule has 1 heterocycles. The van der Waals surface area contributed by atoms with Gasteiger partial charge in [-0.1, -0.05) is 42.6 Å². The first kappa shape index (κ1) is 15.1.